The average Bonchev–Trinajstić information content (AvgIpc) is 2.47. The number of aromatic nitrogens is 1. The van der Waals surface area contributed by atoms with Crippen LogP contribution in [0.2, 0.25) is 0 Å². The summed E-state index contributed by atoms with van der Waals surface area (Å²) >= 11 is 2.16. The predicted molar refractivity (Wildman–Crippen MR) is 58.1 cm³/mol. The van der Waals surface area contributed by atoms with E-state index in [4.69, 9.17) is 9.63 Å². The highest BCUT2D eigenvalue weighted by atomic mass is 127. The summed E-state index contributed by atoms with van der Waals surface area (Å²) in [5.74, 6) is -0.904. The van der Waals surface area contributed by atoms with Crippen LogP contribution in [0.5, 0.6) is 0 Å². The number of nitrogens with zero attached hydrogens (tertiary/aromatic N) is 1. The molecule has 0 spiro atoms. The quantitative estimate of drug-likeness (QED) is 0.863. The van der Waals surface area contributed by atoms with Crippen LogP contribution in [0.3, 0.4) is 0 Å². The lowest BCUT2D eigenvalue weighted by atomic mass is 10.2. The number of benzene rings is 1. The van der Waals surface area contributed by atoms with Crippen molar-refractivity contribution in [3.8, 4) is 0 Å². The largest absolute Gasteiger partial charge is 0.481 e. The van der Waals surface area contributed by atoms with Gasteiger partial charge in [-0.25, -0.2) is 0 Å². The zero-order chi connectivity index (χ0) is 10.1. The molecule has 2 rings (SSSR count). The first-order valence-corrected chi connectivity index (χ1v) is 5.00. The van der Waals surface area contributed by atoms with E-state index in [0.29, 0.717) is 11.3 Å². The van der Waals surface area contributed by atoms with Crippen molar-refractivity contribution in [1.29, 1.82) is 0 Å². The highest BCUT2D eigenvalue weighted by Gasteiger charge is 2.11. The van der Waals surface area contributed by atoms with Gasteiger partial charge in [0.15, 0.2) is 5.58 Å². The highest BCUT2D eigenvalue weighted by molar-refractivity contribution is 14.1. The van der Waals surface area contributed by atoms with Crippen LogP contribution in [0.4, 0.5) is 0 Å². The van der Waals surface area contributed by atoms with Crippen molar-refractivity contribution >= 4 is 39.5 Å². The van der Waals surface area contributed by atoms with Crippen molar-refractivity contribution in [2.45, 2.75) is 6.42 Å². The first kappa shape index (κ1) is 9.45. The zero-order valence-electron chi connectivity index (χ0n) is 7.03. The summed E-state index contributed by atoms with van der Waals surface area (Å²) in [5.41, 5.74) is 1.10. The van der Waals surface area contributed by atoms with E-state index >= 15 is 0 Å². The van der Waals surface area contributed by atoms with Crippen LogP contribution >= 0.6 is 22.6 Å². The molecule has 0 atom stereocenters. The van der Waals surface area contributed by atoms with Gasteiger partial charge < -0.3 is 9.63 Å². The molecule has 0 saturated carbocycles. The summed E-state index contributed by atoms with van der Waals surface area (Å²) < 4.78 is 6.02. The molecule has 0 saturated heterocycles. The number of rotatable bonds is 2. The predicted octanol–water partition coefficient (Wildman–Crippen LogP) is 2.06. The van der Waals surface area contributed by atoms with Gasteiger partial charge in [-0.05, 0) is 40.8 Å². The van der Waals surface area contributed by atoms with Crippen LogP contribution in [0.15, 0.2) is 22.7 Å². The first-order chi connectivity index (χ1) is 6.66. The highest BCUT2D eigenvalue weighted by Crippen LogP contribution is 2.21. The van der Waals surface area contributed by atoms with Gasteiger partial charge in [-0.3, -0.25) is 4.79 Å². The van der Waals surface area contributed by atoms with Crippen molar-refractivity contribution in [3.63, 3.8) is 0 Å². The summed E-state index contributed by atoms with van der Waals surface area (Å²) in [6.07, 6.45) is -0.104. The third kappa shape index (κ3) is 1.72. The summed E-state index contributed by atoms with van der Waals surface area (Å²) in [4.78, 5) is 10.5. The van der Waals surface area contributed by atoms with Crippen LogP contribution in [0.25, 0.3) is 11.0 Å². The molecule has 0 radical (unpaired) electrons. The molecule has 72 valence electrons. The molecule has 0 aliphatic heterocycles. The van der Waals surface area contributed by atoms with Crippen LogP contribution in [0.1, 0.15) is 5.69 Å². The van der Waals surface area contributed by atoms with Gasteiger partial charge in [-0.1, -0.05) is 5.16 Å². The van der Waals surface area contributed by atoms with Crippen molar-refractivity contribution in [3.05, 3.63) is 27.5 Å². The van der Waals surface area contributed by atoms with Crippen molar-refractivity contribution in [2.75, 3.05) is 0 Å². The maximum Gasteiger partial charge on any atom is 0.309 e. The van der Waals surface area contributed by atoms with Gasteiger partial charge in [-0.15, -0.1) is 0 Å². The average molecular weight is 303 g/mol. The fraction of sp³-hybridized carbons (Fsp3) is 0.111. The molecular weight excluding hydrogens is 297 g/mol. The zero-order valence-corrected chi connectivity index (χ0v) is 9.19. The maximum absolute atomic E-state index is 10.5. The Hall–Kier alpha value is -1.11. The molecule has 1 heterocycles. The van der Waals surface area contributed by atoms with Gasteiger partial charge in [0.1, 0.15) is 5.69 Å². The van der Waals surface area contributed by atoms with Crippen LogP contribution in [-0.4, -0.2) is 16.2 Å². The summed E-state index contributed by atoms with van der Waals surface area (Å²) in [7, 11) is 0. The molecule has 0 aliphatic carbocycles. The van der Waals surface area contributed by atoms with Crippen molar-refractivity contribution in [1.82, 2.24) is 5.16 Å². The van der Waals surface area contributed by atoms with E-state index in [1.54, 1.807) is 6.07 Å². The Kier molecular flexibility index (Phi) is 2.40. The van der Waals surface area contributed by atoms with E-state index in [1.165, 1.54) is 0 Å². The number of hydrogen-bond donors (Lipinski definition) is 1. The Labute approximate surface area is 93.0 Å². The summed E-state index contributed by atoms with van der Waals surface area (Å²) in [6, 6.07) is 5.54. The second-order valence-corrected chi connectivity index (χ2v) is 4.09. The standard InChI is InChI=1S/C9H6INO3/c10-5-1-2-8-6(3-5)7(11-14-8)4-9(12)13/h1-3H,4H2,(H,12,13). The molecule has 0 unspecified atom stereocenters. The molecule has 2 aromatic rings. The van der Waals surface area contributed by atoms with Gasteiger partial charge in [-0.2, -0.15) is 0 Å². The molecule has 4 nitrogen and oxygen atoms in total. The molecule has 0 bridgehead atoms. The Morgan fingerprint density at radius 3 is 3.07 bits per heavy atom. The van der Waals surface area contributed by atoms with E-state index in [2.05, 4.69) is 27.7 Å². The molecule has 0 amide bonds. The molecule has 1 N–H and O–H groups in total. The summed E-state index contributed by atoms with van der Waals surface area (Å²) in [6.45, 7) is 0. The topological polar surface area (TPSA) is 63.3 Å². The SMILES string of the molecule is O=C(O)Cc1noc2ccc(I)cc12. The maximum atomic E-state index is 10.5. The van der Waals surface area contributed by atoms with Crippen LogP contribution in [0, 0.1) is 3.57 Å². The third-order valence-electron chi connectivity index (χ3n) is 1.83. The van der Waals surface area contributed by atoms with Gasteiger partial charge in [0.05, 0.1) is 6.42 Å². The molecule has 1 aromatic carbocycles. The van der Waals surface area contributed by atoms with Gasteiger partial charge in [0.25, 0.3) is 0 Å². The molecule has 5 heteroatoms. The Balaban J connectivity index is 2.55. The third-order valence-corrected chi connectivity index (χ3v) is 2.50. The minimum Gasteiger partial charge on any atom is -0.481 e. The molecule has 14 heavy (non-hydrogen) atoms. The summed E-state index contributed by atoms with van der Waals surface area (Å²) in [5, 5.41) is 13.1. The Morgan fingerprint density at radius 2 is 2.36 bits per heavy atom. The minimum atomic E-state index is -0.904. The van der Waals surface area contributed by atoms with Crippen LogP contribution in [-0.2, 0) is 11.2 Å². The number of halogens is 1. The lowest BCUT2D eigenvalue weighted by Crippen LogP contribution is -2.00. The van der Waals surface area contributed by atoms with Gasteiger partial charge >= 0.3 is 5.97 Å². The lowest BCUT2D eigenvalue weighted by Gasteiger charge is -1.91. The van der Waals surface area contributed by atoms with Gasteiger partial charge in [0, 0.05) is 8.96 Å². The second kappa shape index (κ2) is 3.56. The van der Waals surface area contributed by atoms with E-state index in [9.17, 15) is 4.79 Å². The molecule has 0 fully saturated rings. The normalized spacial score (nSPS) is 10.6. The van der Waals surface area contributed by atoms with E-state index in [0.717, 1.165) is 8.96 Å². The smallest absolute Gasteiger partial charge is 0.309 e. The number of aliphatic carboxylic acids is 1. The van der Waals surface area contributed by atoms with E-state index in [-0.39, 0.29) is 6.42 Å². The number of fused-ring (bicyclic) bond motifs is 1. The van der Waals surface area contributed by atoms with E-state index < -0.39 is 5.97 Å². The Morgan fingerprint density at radius 1 is 1.57 bits per heavy atom. The first-order valence-electron chi connectivity index (χ1n) is 3.92. The van der Waals surface area contributed by atoms with Gasteiger partial charge in [0.2, 0.25) is 0 Å². The fourth-order valence-corrected chi connectivity index (χ4v) is 1.72. The van der Waals surface area contributed by atoms with Crippen molar-refractivity contribution in [2.24, 2.45) is 0 Å². The molecule has 0 aliphatic rings. The number of carbonyl (C=O) groups is 1. The number of carboxylic acid groups (broad SMARTS) is 1. The van der Waals surface area contributed by atoms with E-state index in [1.807, 2.05) is 12.1 Å². The number of hydrogen-bond acceptors (Lipinski definition) is 3. The van der Waals surface area contributed by atoms with Crippen molar-refractivity contribution < 1.29 is 14.4 Å². The lowest BCUT2D eigenvalue weighted by molar-refractivity contribution is -0.136. The molecular formula is C9H6INO3. The monoisotopic (exact) mass is 303 g/mol. The van der Waals surface area contributed by atoms with Crippen LogP contribution < -0.4 is 0 Å². The number of carboxylic acids is 1. The second-order valence-electron chi connectivity index (χ2n) is 2.84. The molecule has 1 aromatic heterocycles. The fourth-order valence-electron chi connectivity index (χ4n) is 1.23. The Bertz CT molecular complexity index is 492. The minimum absolute atomic E-state index is 0.104.